The Kier molecular flexibility index (Phi) is 3.63. The molecule has 1 heterocycles. The first-order chi connectivity index (χ1) is 10.4. The average molecular weight is 324 g/mol. The molecule has 0 aliphatic heterocycles. The van der Waals surface area contributed by atoms with Crippen LogP contribution in [0.25, 0.3) is 10.9 Å². The molecule has 1 fully saturated rings. The van der Waals surface area contributed by atoms with Crippen molar-refractivity contribution >= 4 is 20.9 Å². The molecule has 1 saturated carbocycles. The molecule has 5 N–H and O–H groups in total. The van der Waals surface area contributed by atoms with Crippen LogP contribution < -0.4 is 21.7 Å². The number of sulfonamides is 1. The summed E-state index contributed by atoms with van der Waals surface area (Å²) < 4.78 is 27.0. The highest BCUT2D eigenvalue weighted by Gasteiger charge is 2.29. The third kappa shape index (κ3) is 2.96. The van der Waals surface area contributed by atoms with Crippen molar-refractivity contribution in [3.63, 3.8) is 0 Å². The fraction of sp³-hybridized carbons (Fsp3) is 0.385. The van der Waals surface area contributed by atoms with Crippen LogP contribution in [0.5, 0.6) is 0 Å². The molecular formula is C13H16N4O4S. The van der Waals surface area contributed by atoms with Gasteiger partial charge >= 0.3 is 5.69 Å². The Hall–Kier alpha value is -1.97. The van der Waals surface area contributed by atoms with Crippen molar-refractivity contribution < 1.29 is 8.42 Å². The van der Waals surface area contributed by atoms with Gasteiger partial charge in [-0.3, -0.25) is 9.78 Å². The third-order valence-electron chi connectivity index (χ3n) is 3.76. The second-order valence-corrected chi connectivity index (χ2v) is 7.24. The Morgan fingerprint density at radius 1 is 1.27 bits per heavy atom. The van der Waals surface area contributed by atoms with E-state index in [-0.39, 0.29) is 28.4 Å². The molecule has 3 rings (SSSR count). The van der Waals surface area contributed by atoms with E-state index < -0.39 is 21.3 Å². The van der Waals surface area contributed by atoms with E-state index in [9.17, 15) is 18.0 Å². The number of aromatic amines is 2. The molecule has 1 aromatic heterocycles. The van der Waals surface area contributed by atoms with Crippen molar-refractivity contribution in [1.29, 1.82) is 0 Å². The number of hydrogen-bond donors (Lipinski definition) is 4. The number of aromatic nitrogens is 2. The molecule has 0 amide bonds. The van der Waals surface area contributed by atoms with Crippen molar-refractivity contribution in [2.24, 2.45) is 11.7 Å². The standard InChI is InChI=1S/C13H16N4O4S/c14-10(7-1-2-7)6-15-22(20,21)8-3-4-11-9(5-8)12(18)17-13(19)16-11/h3-5,7,10,15H,1-2,6,14H2,(H2,16,17,18,19). The van der Waals surface area contributed by atoms with E-state index in [2.05, 4.69) is 14.7 Å². The van der Waals surface area contributed by atoms with Gasteiger partial charge < -0.3 is 10.7 Å². The molecule has 118 valence electrons. The molecule has 1 aliphatic carbocycles. The summed E-state index contributed by atoms with van der Waals surface area (Å²) in [6.45, 7) is 0.160. The van der Waals surface area contributed by atoms with Gasteiger partial charge in [0.25, 0.3) is 5.56 Å². The normalized spacial score (nSPS) is 16.8. The van der Waals surface area contributed by atoms with Crippen LogP contribution in [0.4, 0.5) is 0 Å². The molecule has 0 radical (unpaired) electrons. The van der Waals surface area contributed by atoms with E-state index in [1.165, 1.54) is 18.2 Å². The largest absolute Gasteiger partial charge is 0.326 e. The molecule has 0 saturated heterocycles. The van der Waals surface area contributed by atoms with Gasteiger partial charge in [0.1, 0.15) is 0 Å². The molecule has 0 bridgehead atoms. The molecule has 9 heteroatoms. The van der Waals surface area contributed by atoms with Crippen molar-refractivity contribution in [2.45, 2.75) is 23.8 Å². The fourth-order valence-corrected chi connectivity index (χ4v) is 3.39. The minimum absolute atomic E-state index is 0.0412. The van der Waals surface area contributed by atoms with Gasteiger partial charge in [-0.1, -0.05) is 0 Å². The van der Waals surface area contributed by atoms with Gasteiger partial charge in [0.2, 0.25) is 10.0 Å². The minimum Gasteiger partial charge on any atom is -0.326 e. The summed E-state index contributed by atoms with van der Waals surface area (Å²) in [5, 5.41) is 0.106. The van der Waals surface area contributed by atoms with Gasteiger partial charge in [-0.05, 0) is 37.0 Å². The van der Waals surface area contributed by atoms with E-state index in [1.807, 2.05) is 0 Å². The lowest BCUT2D eigenvalue weighted by atomic mass is 10.2. The maximum atomic E-state index is 12.3. The lowest BCUT2D eigenvalue weighted by Gasteiger charge is -2.12. The smallest absolute Gasteiger partial charge is 0.326 e. The van der Waals surface area contributed by atoms with Gasteiger partial charge in [0, 0.05) is 12.6 Å². The lowest BCUT2D eigenvalue weighted by Crippen LogP contribution is -2.38. The van der Waals surface area contributed by atoms with Crippen LogP contribution in [-0.2, 0) is 10.0 Å². The van der Waals surface area contributed by atoms with Crippen LogP contribution in [0.1, 0.15) is 12.8 Å². The van der Waals surface area contributed by atoms with Gasteiger partial charge in [-0.15, -0.1) is 0 Å². The number of H-pyrrole nitrogens is 2. The van der Waals surface area contributed by atoms with Crippen LogP contribution in [0.3, 0.4) is 0 Å². The summed E-state index contributed by atoms with van der Waals surface area (Å²) in [6.07, 6.45) is 2.06. The first-order valence-corrected chi connectivity index (χ1v) is 8.37. The molecule has 8 nitrogen and oxygen atoms in total. The Bertz CT molecular complexity index is 927. The van der Waals surface area contributed by atoms with Crippen molar-refractivity contribution in [1.82, 2.24) is 14.7 Å². The Morgan fingerprint density at radius 3 is 2.68 bits per heavy atom. The third-order valence-corrected chi connectivity index (χ3v) is 5.18. The highest BCUT2D eigenvalue weighted by atomic mass is 32.2. The Labute approximate surface area is 125 Å². The summed E-state index contributed by atoms with van der Waals surface area (Å²) >= 11 is 0. The molecule has 1 aliphatic rings. The molecule has 22 heavy (non-hydrogen) atoms. The van der Waals surface area contributed by atoms with Crippen LogP contribution in [-0.4, -0.2) is 31.0 Å². The zero-order chi connectivity index (χ0) is 15.9. The van der Waals surface area contributed by atoms with Crippen molar-refractivity contribution in [3.05, 3.63) is 39.0 Å². The predicted octanol–water partition coefficient (Wildman–Crippen LogP) is -0.768. The van der Waals surface area contributed by atoms with E-state index in [4.69, 9.17) is 5.73 Å². The Balaban J connectivity index is 1.91. The molecule has 1 atom stereocenters. The number of rotatable bonds is 5. The zero-order valence-electron chi connectivity index (χ0n) is 11.6. The van der Waals surface area contributed by atoms with Gasteiger partial charge in [-0.25, -0.2) is 17.9 Å². The SMILES string of the molecule is NC(CNS(=O)(=O)c1ccc2[nH]c(=O)[nH]c(=O)c2c1)C1CC1. The Morgan fingerprint density at radius 2 is 2.00 bits per heavy atom. The minimum atomic E-state index is -3.75. The van der Waals surface area contributed by atoms with E-state index in [0.29, 0.717) is 5.92 Å². The summed E-state index contributed by atoms with van der Waals surface area (Å²) in [6, 6.07) is 3.76. The molecule has 1 aromatic carbocycles. The van der Waals surface area contributed by atoms with Crippen molar-refractivity contribution in [3.8, 4) is 0 Å². The first kappa shape index (κ1) is 14.9. The maximum absolute atomic E-state index is 12.3. The van der Waals surface area contributed by atoms with E-state index in [1.54, 1.807) is 0 Å². The summed E-state index contributed by atoms with van der Waals surface area (Å²) in [7, 11) is -3.75. The maximum Gasteiger partial charge on any atom is 0.326 e. The van der Waals surface area contributed by atoms with Gasteiger partial charge in [0.05, 0.1) is 15.8 Å². The highest BCUT2D eigenvalue weighted by molar-refractivity contribution is 7.89. The second kappa shape index (κ2) is 5.34. The number of nitrogens with one attached hydrogen (secondary N) is 3. The fourth-order valence-electron chi connectivity index (χ4n) is 2.29. The van der Waals surface area contributed by atoms with Crippen LogP contribution in [0.2, 0.25) is 0 Å². The van der Waals surface area contributed by atoms with E-state index >= 15 is 0 Å². The quantitative estimate of drug-likeness (QED) is 0.572. The van der Waals surface area contributed by atoms with Crippen LogP contribution in [0.15, 0.2) is 32.7 Å². The number of fused-ring (bicyclic) bond motifs is 1. The van der Waals surface area contributed by atoms with Gasteiger partial charge in [0.15, 0.2) is 0 Å². The number of benzene rings is 1. The average Bonchev–Trinajstić information content (AvgIpc) is 3.29. The summed E-state index contributed by atoms with van der Waals surface area (Å²) in [5.74, 6) is 0.382. The first-order valence-electron chi connectivity index (χ1n) is 6.88. The molecular weight excluding hydrogens is 308 g/mol. The number of hydrogen-bond acceptors (Lipinski definition) is 5. The predicted molar refractivity (Wildman–Crippen MR) is 81.1 cm³/mol. The lowest BCUT2D eigenvalue weighted by molar-refractivity contribution is 0.548. The van der Waals surface area contributed by atoms with E-state index in [0.717, 1.165) is 12.8 Å². The van der Waals surface area contributed by atoms with Crippen LogP contribution >= 0.6 is 0 Å². The zero-order valence-corrected chi connectivity index (χ0v) is 12.4. The van der Waals surface area contributed by atoms with Crippen LogP contribution in [0, 0.1) is 5.92 Å². The van der Waals surface area contributed by atoms with Crippen molar-refractivity contribution in [2.75, 3.05) is 6.54 Å². The summed E-state index contributed by atoms with van der Waals surface area (Å²) in [4.78, 5) is 27.4. The molecule has 2 aromatic rings. The van der Waals surface area contributed by atoms with Gasteiger partial charge in [-0.2, -0.15) is 0 Å². The summed E-state index contributed by atoms with van der Waals surface area (Å²) in [5.41, 5.74) is 4.88. The topological polar surface area (TPSA) is 138 Å². The highest BCUT2D eigenvalue weighted by Crippen LogP contribution is 2.31. The molecule has 0 spiro atoms. The molecule has 1 unspecified atom stereocenters. The number of nitrogens with two attached hydrogens (primary N) is 1. The monoisotopic (exact) mass is 324 g/mol. The second-order valence-electron chi connectivity index (χ2n) is 5.47.